The molecule has 3 aliphatic heterocycles. The summed E-state index contributed by atoms with van der Waals surface area (Å²) in [5.74, 6) is -0.285. The van der Waals surface area contributed by atoms with Crippen molar-refractivity contribution in [3.8, 4) is 5.75 Å². The number of piperazine rings is 1. The lowest BCUT2D eigenvalue weighted by Gasteiger charge is -2.36. The Morgan fingerprint density at radius 1 is 0.914 bits per heavy atom. The van der Waals surface area contributed by atoms with Crippen molar-refractivity contribution in [1.82, 2.24) is 10.2 Å². The molecule has 0 unspecified atom stereocenters. The molecule has 9 nitrogen and oxygen atoms in total. The van der Waals surface area contributed by atoms with Gasteiger partial charge in [-0.05, 0) is 60.4 Å². The first kappa shape index (κ1) is 23.2. The Balaban J connectivity index is 1.06. The molecule has 1 fully saturated rings. The van der Waals surface area contributed by atoms with Crippen LogP contribution < -0.4 is 25.2 Å². The van der Waals surface area contributed by atoms with E-state index in [1.165, 1.54) is 5.69 Å². The number of aryl methyl sites for hydroxylation is 1. The maximum atomic E-state index is 12.5. The summed E-state index contributed by atoms with van der Waals surface area (Å²) in [6.07, 6.45) is 1.92. The van der Waals surface area contributed by atoms with E-state index >= 15 is 0 Å². The lowest BCUT2D eigenvalue weighted by atomic mass is 9.98. The number of nitrogens with zero attached hydrogens (tertiary/aromatic N) is 3. The molecule has 5 rings (SSSR count). The van der Waals surface area contributed by atoms with Gasteiger partial charge in [0, 0.05) is 63.6 Å². The summed E-state index contributed by atoms with van der Waals surface area (Å²) < 4.78 is 5.22. The van der Waals surface area contributed by atoms with Crippen LogP contribution in [0.3, 0.4) is 0 Å². The van der Waals surface area contributed by atoms with Crippen molar-refractivity contribution in [3.63, 3.8) is 0 Å². The molecule has 9 heteroatoms. The smallest absolute Gasteiger partial charge is 0.313 e. The lowest BCUT2D eigenvalue weighted by molar-refractivity contribution is -0.136. The van der Waals surface area contributed by atoms with Crippen LogP contribution in [-0.2, 0) is 27.2 Å². The standard InChI is InChI=1S/C26H31N5O4/c1-35-22-5-3-21(4-6-22)30-14-12-29(13-15-30)11-9-27-25(33)26(34)28-20-16-18-2-7-23(32)31-10-8-19(17-20)24(18)31/h3-6,16-17H,2,7-15H2,1H3,(H,27,33)(H,28,34). The summed E-state index contributed by atoms with van der Waals surface area (Å²) in [4.78, 5) is 43.4. The Labute approximate surface area is 205 Å². The van der Waals surface area contributed by atoms with E-state index in [1.807, 2.05) is 29.2 Å². The fourth-order valence-electron chi connectivity index (χ4n) is 5.15. The van der Waals surface area contributed by atoms with Crippen LogP contribution in [0, 0.1) is 0 Å². The minimum Gasteiger partial charge on any atom is -0.497 e. The summed E-state index contributed by atoms with van der Waals surface area (Å²) >= 11 is 0. The molecule has 3 amide bonds. The molecule has 0 radical (unpaired) electrons. The molecule has 2 aromatic carbocycles. The van der Waals surface area contributed by atoms with Crippen molar-refractivity contribution in [1.29, 1.82) is 0 Å². The van der Waals surface area contributed by atoms with Gasteiger partial charge < -0.3 is 25.2 Å². The Bertz CT molecular complexity index is 1130. The zero-order valence-corrected chi connectivity index (χ0v) is 20.0. The van der Waals surface area contributed by atoms with Gasteiger partial charge in [-0.2, -0.15) is 0 Å². The largest absolute Gasteiger partial charge is 0.497 e. The third-order valence-corrected chi connectivity index (χ3v) is 7.04. The Morgan fingerprint density at radius 3 is 2.34 bits per heavy atom. The second-order valence-electron chi connectivity index (χ2n) is 9.18. The molecule has 2 aromatic rings. The van der Waals surface area contributed by atoms with Crippen LogP contribution in [0.2, 0.25) is 0 Å². The zero-order valence-electron chi connectivity index (χ0n) is 20.0. The van der Waals surface area contributed by atoms with Gasteiger partial charge in [0.25, 0.3) is 0 Å². The molecule has 0 aromatic heterocycles. The van der Waals surface area contributed by atoms with E-state index < -0.39 is 11.8 Å². The highest BCUT2D eigenvalue weighted by atomic mass is 16.5. The Kier molecular flexibility index (Phi) is 6.59. The molecule has 0 bridgehead atoms. The molecule has 0 atom stereocenters. The SMILES string of the molecule is COc1ccc(N2CCN(CCNC(=O)C(=O)Nc3cc4c5c(c3)CCN5C(=O)CC4)CC2)cc1. The maximum Gasteiger partial charge on any atom is 0.313 e. The highest BCUT2D eigenvalue weighted by Gasteiger charge is 2.31. The Hall–Kier alpha value is -3.59. The fraction of sp³-hybridized carbons (Fsp3) is 0.423. The van der Waals surface area contributed by atoms with Gasteiger partial charge in [0.05, 0.1) is 12.8 Å². The molecule has 0 saturated carbocycles. The number of anilines is 3. The third kappa shape index (κ3) is 4.95. The van der Waals surface area contributed by atoms with Crippen molar-refractivity contribution in [2.45, 2.75) is 19.3 Å². The summed E-state index contributed by atoms with van der Waals surface area (Å²) in [5.41, 5.74) is 4.90. The van der Waals surface area contributed by atoms with Crippen LogP contribution in [0.25, 0.3) is 0 Å². The normalized spacial score (nSPS) is 17.2. The van der Waals surface area contributed by atoms with Crippen LogP contribution in [0.4, 0.5) is 17.1 Å². The van der Waals surface area contributed by atoms with Gasteiger partial charge in [-0.15, -0.1) is 0 Å². The zero-order chi connectivity index (χ0) is 24.4. The van der Waals surface area contributed by atoms with Crippen LogP contribution >= 0.6 is 0 Å². The second-order valence-corrected chi connectivity index (χ2v) is 9.18. The number of hydrogen-bond acceptors (Lipinski definition) is 6. The molecule has 3 aliphatic rings. The number of nitrogens with one attached hydrogen (secondary N) is 2. The predicted octanol–water partition coefficient (Wildman–Crippen LogP) is 1.41. The summed E-state index contributed by atoms with van der Waals surface area (Å²) in [7, 11) is 1.66. The number of benzene rings is 2. The van der Waals surface area contributed by atoms with Crippen molar-refractivity contribution < 1.29 is 19.1 Å². The molecule has 35 heavy (non-hydrogen) atoms. The van der Waals surface area contributed by atoms with E-state index in [-0.39, 0.29) is 5.91 Å². The van der Waals surface area contributed by atoms with E-state index in [0.29, 0.717) is 38.2 Å². The van der Waals surface area contributed by atoms with Crippen molar-refractivity contribution >= 4 is 34.8 Å². The van der Waals surface area contributed by atoms with E-state index in [9.17, 15) is 14.4 Å². The topological polar surface area (TPSA) is 94.2 Å². The number of hydrogen-bond donors (Lipinski definition) is 2. The van der Waals surface area contributed by atoms with E-state index in [2.05, 4.69) is 32.6 Å². The molecular formula is C26H31N5O4. The summed E-state index contributed by atoms with van der Waals surface area (Å²) in [6.45, 7) is 5.41. The molecular weight excluding hydrogens is 446 g/mol. The first-order chi connectivity index (χ1) is 17.0. The monoisotopic (exact) mass is 477 g/mol. The van der Waals surface area contributed by atoms with Crippen molar-refractivity contribution in [2.24, 2.45) is 0 Å². The summed E-state index contributed by atoms with van der Waals surface area (Å²) in [5, 5.41) is 5.47. The van der Waals surface area contributed by atoms with Gasteiger partial charge >= 0.3 is 11.8 Å². The number of methoxy groups -OCH3 is 1. The predicted molar refractivity (Wildman–Crippen MR) is 134 cm³/mol. The quantitative estimate of drug-likeness (QED) is 0.611. The highest BCUT2D eigenvalue weighted by molar-refractivity contribution is 6.39. The molecule has 0 spiro atoms. The number of carbonyl (C=O) groups excluding carboxylic acids is 3. The number of rotatable bonds is 6. The lowest BCUT2D eigenvalue weighted by Crippen LogP contribution is -2.49. The number of carbonyl (C=O) groups is 3. The molecule has 184 valence electrons. The van der Waals surface area contributed by atoms with Crippen molar-refractivity contribution in [2.75, 3.05) is 68.0 Å². The van der Waals surface area contributed by atoms with Gasteiger partial charge in [0.1, 0.15) is 5.75 Å². The van der Waals surface area contributed by atoms with Gasteiger partial charge in [0.2, 0.25) is 5.91 Å². The number of ether oxygens (including phenoxy) is 1. The van der Waals surface area contributed by atoms with E-state index in [1.54, 1.807) is 7.11 Å². The van der Waals surface area contributed by atoms with E-state index in [4.69, 9.17) is 4.74 Å². The minimum absolute atomic E-state index is 0.162. The highest BCUT2D eigenvalue weighted by Crippen LogP contribution is 2.38. The maximum absolute atomic E-state index is 12.5. The summed E-state index contributed by atoms with van der Waals surface area (Å²) in [6, 6.07) is 11.8. The average Bonchev–Trinajstić information content (AvgIpc) is 3.32. The fourth-order valence-corrected chi connectivity index (χ4v) is 5.15. The van der Waals surface area contributed by atoms with Gasteiger partial charge in [-0.1, -0.05) is 0 Å². The van der Waals surface area contributed by atoms with E-state index in [0.717, 1.165) is 55.2 Å². The number of amides is 3. The van der Waals surface area contributed by atoms with Gasteiger partial charge in [0.15, 0.2) is 0 Å². The minimum atomic E-state index is -0.664. The molecule has 3 heterocycles. The van der Waals surface area contributed by atoms with Crippen LogP contribution in [0.15, 0.2) is 36.4 Å². The van der Waals surface area contributed by atoms with Crippen LogP contribution in [0.5, 0.6) is 5.75 Å². The second kappa shape index (κ2) is 9.95. The third-order valence-electron chi connectivity index (χ3n) is 7.04. The first-order valence-corrected chi connectivity index (χ1v) is 12.2. The van der Waals surface area contributed by atoms with Crippen LogP contribution in [-0.4, -0.2) is 75.5 Å². The molecule has 0 aliphatic carbocycles. The Morgan fingerprint density at radius 2 is 1.63 bits per heavy atom. The van der Waals surface area contributed by atoms with Crippen LogP contribution in [0.1, 0.15) is 17.5 Å². The molecule has 1 saturated heterocycles. The van der Waals surface area contributed by atoms with Crippen molar-refractivity contribution in [3.05, 3.63) is 47.5 Å². The first-order valence-electron chi connectivity index (χ1n) is 12.2. The van der Waals surface area contributed by atoms with Gasteiger partial charge in [-0.25, -0.2) is 0 Å². The average molecular weight is 478 g/mol. The molecule has 2 N–H and O–H groups in total. The van der Waals surface area contributed by atoms with Gasteiger partial charge in [-0.3, -0.25) is 19.3 Å².